The van der Waals surface area contributed by atoms with Gasteiger partial charge in [-0.25, -0.2) is 29.9 Å². The summed E-state index contributed by atoms with van der Waals surface area (Å²) in [5, 5.41) is 36.0. The predicted octanol–water partition coefficient (Wildman–Crippen LogP) is 31.0. The summed E-state index contributed by atoms with van der Waals surface area (Å²) in [4.78, 5) is 31.1. The normalized spacial score (nSPS) is 11.8. The Morgan fingerprint density at radius 3 is 0.631 bits per heavy atom. The molecule has 0 amide bonds. The molecule has 3 aromatic heterocycles. The molecule has 26 aromatic rings. The summed E-state index contributed by atoms with van der Waals surface area (Å²) >= 11 is 0. The summed E-state index contributed by atoms with van der Waals surface area (Å²) in [6.07, 6.45) is 0. The zero-order valence-electron chi connectivity index (χ0n) is 66.1. The van der Waals surface area contributed by atoms with Crippen LogP contribution in [0.5, 0.6) is 0 Å². The quantitative estimate of drug-likeness (QED) is 0.154. The van der Waals surface area contributed by atoms with E-state index in [4.69, 9.17) is 29.9 Å². The van der Waals surface area contributed by atoms with E-state index >= 15 is 0 Å². The molecular weight excluding hydrogens is 1480 g/mol. The van der Waals surface area contributed by atoms with Gasteiger partial charge in [0.2, 0.25) is 0 Å². The SMILES string of the molecule is c1ccc2c(c1)ccc1cc(-c3nc(-c4ccc5c(ccc6ccccc65)c4)c4ccccc4n3)ccc12.c1ccc2c(c1)ccc1cc(-c3nc4ccccc4nc3-c3ccc4c(ccc5ccccc54)c3)ccc12.c1ccc2nc(-c3ccc4c5ccccc5c5ccccc5c4c3)c(-c3ccc4c5ccccc5c5ccccc5c4c3)nc2c1. The maximum Gasteiger partial charge on any atom is 0.160 e. The van der Waals surface area contributed by atoms with E-state index in [0.717, 1.165) is 101 Å². The van der Waals surface area contributed by atoms with Crippen molar-refractivity contribution in [1.82, 2.24) is 29.9 Å². The zero-order valence-corrected chi connectivity index (χ0v) is 66.1. The first-order chi connectivity index (χ1) is 60.4. The Hall–Kier alpha value is -16.3. The predicted molar refractivity (Wildman–Crippen MR) is 516 cm³/mol. The highest BCUT2D eigenvalue weighted by molar-refractivity contribution is 6.28. The van der Waals surface area contributed by atoms with E-state index in [0.29, 0.717) is 0 Å². The van der Waals surface area contributed by atoms with Gasteiger partial charge in [-0.1, -0.05) is 358 Å². The molecule has 0 saturated heterocycles. The van der Waals surface area contributed by atoms with Crippen LogP contribution < -0.4 is 0 Å². The Morgan fingerprint density at radius 2 is 0.311 bits per heavy atom. The van der Waals surface area contributed by atoms with E-state index in [1.165, 1.54) is 151 Å². The van der Waals surface area contributed by atoms with E-state index in [1.807, 2.05) is 42.5 Å². The number of rotatable bonds is 6. The van der Waals surface area contributed by atoms with Crippen molar-refractivity contribution in [3.63, 3.8) is 0 Å². The van der Waals surface area contributed by atoms with E-state index in [1.54, 1.807) is 0 Å². The molecule has 564 valence electrons. The summed E-state index contributed by atoms with van der Waals surface area (Å²) < 4.78 is 0. The van der Waals surface area contributed by atoms with Crippen molar-refractivity contribution in [3.05, 3.63) is 425 Å². The molecule has 0 atom stereocenters. The lowest BCUT2D eigenvalue weighted by atomic mass is 9.91. The van der Waals surface area contributed by atoms with E-state index < -0.39 is 0 Å². The minimum atomic E-state index is 0.743. The number of hydrogen-bond acceptors (Lipinski definition) is 6. The molecule has 0 bridgehead atoms. The lowest BCUT2D eigenvalue weighted by molar-refractivity contribution is 1.23. The highest BCUT2D eigenvalue weighted by atomic mass is 14.9. The molecule has 0 fully saturated rings. The molecule has 0 N–H and O–H groups in total. The molecule has 122 heavy (non-hydrogen) atoms. The lowest BCUT2D eigenvalue weighted by Gasteiger charge is -2.15. The average Bonchev–Trinajstić information content (AvgIpc) is 0.736. The summed E-state index contributed by atoms with van der Waals surface area (Å²) in [6.45, 7) is 0. The van der Waals surface area contributed by atoms with Crippen LogP contribution in [0.15, 0.2) is 425 Å². The molecule has 26 rings (SSSR count). The van der Waals surface area contributed by atoms with Gasteiger partial charge in [0.1, 0.15) is 0 Å². The smallest absolute Gasteiger partial charge is 0.160 e. The van der Waals surface area contributed by atoms with Crippen molar-refractivity contribution in [2.24, 2.45) is 0 Å². The van der Waals surface area contributed by atoms with Crippen molar-refractivity contribution in [1.29, 1.82) is 0 Å². The Kier molecular flexibility index (Phi) is 16.5. The first-order valence-electron chi connectivity index (χ1n) is 41.6. The van der Waals surface area contributed by atoms with Gasteiger partial charge >= 0.3 is 0 Å². The Labute approximate surface area is 701 Å². The van der Waals surface area contributed by atoms with Crippen LogP contribution in [0.25, 0.3) is 251 Å². The molecule has 0 unspecified atom stereocenters. The van der Waals surface area contributed by atoms with E-state index in [2.05, 4.69) is 382 Å². The van der Waals surface area contributed by atoms with Crippen LogP contribution >= 0.6 is 0 Å². The molecule has 0 radical (unpaired) electrons. The number of aromatic nitrogens is 6. The van der Waals surface area contributed by atoms with Crippen LogP contribution in [-0.2, 0) is 0 Å². The molecule has 0 spiro atoms. The van der Waals surface area contributed by atoms with Gasteiger partial charge in [0.05, 0.1) is 56.1 Å². The van der Waals surface area contributed by atoms with Gasteiger partial charge in [-0.15, -0.1) is 0 Å². The summed E-state index contributed by atoms with van der Waals surface area (Å²) in [6, 6.07) is 151. The maximum absolute atomic E-state index is 5.30. The average molecular weight is 1550 g/mol. The van der Waals surface area contributed by atoms with Crippen molar-refractivity contribution in [3.8, 4) is 67.7 Å². The van der Waals surface area contributed by atoms with Gasteiger partial charge in [-0.05, 0) is 218 Å². The van der Waals surface area contributed by atoms with Crippen LogP contribution in [0, 0.1) is 0 Å². The monoisotopic (exact) mass is 1550 g/mol. The van der Waals surface area contributed by atoms with Crippen LogP contribution in [0.2, 0.25) is 0 Å². The van der Waals surface area contributed by atoms with Crippen LogP contribution in [0.3, 0.4) is 0 Å². The highest BCUT2D eigenvalue weighted by Gasteiger charge is 2.22. The first-order valence-corrected chi connectivity index (χ1v) is 41.6. The standard InChI is InChI=1S/C44H26N2.2C36H22N2/c1-3-15-33-29(11-1)31-13-5-7-17-35(31)39-25-27(21-23-37(33)39)43-44(46-42-20-10-9-19-41(42)45-43)28-22-24-38-34-16-4-2-12-30(34)32-14-6-8-18-36(32)40(38)26-28;1-3-9-29-23(7-1)13-15-25-21-27(17-19-31(25)29)35-36(38-34-12-6-5-11-33(34)37-35)28-18-20-32-26(22-28)16-14-24-8-2-4-10-30(24)32;1-3-9-29-23(7-1)13-15-25-21-27(17-19-31(25)29)35-33-11-5-6-12-34(33)37-36(38-35)28-18-20-32-26(22-28)16-14-24-8-2-4-10-30(24)32/h1-26H;2*1-22H. The van der Waals surface area contributed by atoms with Crippen LogP contribution in [0.4, 0.5) is 0 Å². The minimum Gasteiger partial charge on any atom is -0.244 e. The lowest BCUT2D eigenvalue weighted by Crippen LogP contribution is -1.96. The van der Waals surface area contributed by atoms with E-state index in [-0.39, 0.29) is 0 Å². The minimum absolute atomic E-state index is 0.743. The molecule has 0 aliphatic rings. The topological polar surface area (TPSA) is 77.3 Å². The molecule has 6 nitrogen and oxygen atoms in total. The molecule has 6 heteroatoms. The summed E-state index contributed by atoms with van der Waals surface area (Å²) in [7, 11) is 0. The van der Waals surface area contributed by atoms with Crippen molar-refractivity contribution in [2.75, 3.05) is 0 Å². The second kappa shape index (κ2) is 28.8. The molecule has 0 aliphatic heterocycles. The van der Waals surface area contributed by atoms with E-state index in [9.17, 15) is 0 Å². The highest BCUT2D eigenvalue weighted by Crippen LogP contribution is 2.45. The fraction of sp³-hybridized carbons (Fsp3) is 0. The molecule has 23 aromatic carbocycles. The van der Waals surface area contributed by atoms with Gasteiger partial charge in [0.25, 0.3) is 0 Å². The van der Waals surface area contributed by atoms with Gasteiger partial charge in [0.15, 0.2) is 5.82 Å². The summed E-state index contributed by atoms with van der Waals surface area (Å²) in [5.41, 5.74) is 15.4. The largest absolute Gasteiger partial charge is 0.244 e. The third-order valence-electron chi connectivity index (χ3n) is 24.8. The van der Waals surface area contributed by atoms with Gasteiger partial charge < -0.3 is 0 Å². The molecular formula is C116H70N6. The second-order valence-corrected chi connectivity index (χ2v) is 31.8. The number of para-hydroxylation sites is 5. The van der Waals surface area contributed by atoms with Crippen molar-refractivity contribution >= 4 is 184 Å². The van der Waals surface area contributed by atoms with Crippen LogP contribution in [0.1, 0.15) is 0 Å². The number of hydrogen-bond donors (Lipinski definition) is 0. The summed E-state index contributed by atoms with van der Waals surface area (Å²) in [5.74, 6) is 0.743. The zero-order chi connectivity index (χ0) is 80.3. The third-order valence-corrected chi connectivity index (χ3v) is 24.8. The fourth-order valence-electron chi connectivity index (χ4n) is 19.0. The van der Waals surface area contributed by atoms with Gasteiger partial charge in [0, 0.05) is 38.8 Å². The fourth-order valence-corrected chi connectivity index (χ4v) is 19.0. The van der Waals surface area contributed by atoms with Gasteiger partial charge in [-0.2, -0.15) is 0 Å². The molecule has 0 aliphatic carbocycles. The molecule has 0 saturated carbocycles. The number of nitrogens with zero attached hydrogens (tertiary/aromatic N) is 6. The van der Waals surface area contributed by atoms with Crippen LogP contribution in [-0.4, -0.2) is 29.9 Å². The number of benzene rings is 23. The molecule has 3 heterocycles. The first kappa shape index (κ1) is 70.0. The Bertz CT molecular complexity index is 8450. The Balaban J connectivity index is 0.000000104. The second-order valence-electron chi connectivity index (χ2n) is 31.8. The maximum atomic E-state index is 5.30. The van der Waals surface area contributed by atoms with Crippen molar-refractivity contribution in [2.45, 2.75) is 0 Å². The Morgan fingerprint density at radius 1 is 0.107 bits per heavy atom. The third kappa shape index (κ3) is 11.9. The van der Waals surface area contributed by atoms with Gasteiger partial charge in [-0.3, -0.25) is 0 Å². The number of fused-ring (bicyclic) bond motifs is 27. The van der Waals surface area contributed by atoms with Crippen molar-refractivity contribution < 1.29 is 0 Å².